The minimum atomic E-state index is -0.595. The molecule has 0 amide bonds. The van der Waals surface area contributed by atoms with E-state index >= 15 is 0 Å². The van der Waals surface area contributed by atoms with Gasteiger partial charge >= 0.3 is 0 Å². The van der Waals surface area contributed by atoms with Gasteiger partial charge < -0.3 is 0 Å². The van der Waals surface area contributed by atoms with E-state index < -0.39 is 5.82 Å². The minimum absolute atomic E-state index is 0.0498. The van der Waals surface area contributed by atoms with E-state index in [4.69, 9.17) is 0 Å². The third kappa shape index (κ3) is 2.10. The van der Waals surface area contributed by atoms with Crippen molar-refractivity contribution in [3.63, 3.8) is 0 Å². The van der Waals surface area contributed by atoms with Crippen LogP contribution in [0, 0.1) is 5.82 Å². The molecule has 0 aliphatic heterocycles. The molecular weight excluding hydrogens is 293 g/mol. The molecule has 0 aliphatic carbocycles. The van der Waals surface area contributed by atoms with Crippen molar-refractivity contribution in [1.82, 2.24) is 4.98 Å². The molecule has 5 heteroatoms. The number of ketones is 1. The molecule has 0 radical (unpaired) electrons. The number of nitrogens with zero attached hydrogens (tertiary/aromatic N) is 1. The van der Waals surface area contributed by atoms with Crippen LogP contribution in [0.2, 0.25) is 0 Å². The predicted molar refractivity (Wildman–Crippen MR) is 50.0 cm³/mol. The first-order chi connectivity index (χ1) is 5.65. The van der Waals surface area contributed by atoms with Gasteiger partial charge in [0.25, 0.3) is 0 Å². The highest BCUT2D eigenvalue weighted by molar-refractivity contribution is 9.10. The molecule has 0 saturated heterocycles. The van der Waals surface area contributed by atoms with Gasteiger partial charge in [0.1, 0.15) is 4.60 Å². The summed E-state index contributed by atoms with van der Waals surface area (Å²) in [7, 11) is 0. The van der Waals surface area contributed by atoms with Gasteiger partial charge in [0.05, 0.1) is 17.1 Å². The molecule has 1 aromatic rings. The van der Waals surface area contributed by atoms with Gasteiger partial charge in [-0.1, -0.05) is 15.9 Å². The van der Waals surface area contributed by atoms with Gasteiger partial charge in [0, 0.05) is 0 Å². The molecule has 0 fully saturated rings. The fourth-order valence-electron chi connectivity index (χ4n) is 0.699. The summed E-state index contributed by atoms with van der Waals surface area (Å²) in [6, 6.07) is 1.36. The van der Waals surface area contributed by atoms with Crippen molar-refractivity contribution >= 4 is 37.6 Å². The number of Topliss-reactive ketones (excluding diaryl/α,β-unsaturated/α-hetero) is 1. The number of carbonyl (C=O) groups is 1. The second-order valence-corrected chi connectivity index (χ2v) is 3.42. The van der Waals surface area contributed by atoms with Crippen LogP contribution >= 0.6 is 31.9 Å². The minimum Gasteiger partial charge on any atom is -0.293 e. The monoisotopic (exact) mass is 295 g/mol. The Morgan fingerprint density at radius 1 is 1.67 bits per heavy atom. The van der Waals surface area contributed by atoms with E-state index in [1.165, 1.54) is 6.07 Å². The van der Waals surface area contributed by atoms with E-state index in [2.05, 4.69) is 36.8 Å². The maximum atomic E-state index is 12.9. The number of hydrogen-bond donors (Lipinski definition) is 0. The van der Waals surface area contributed by atoms with Crippen molar-refractivity contribution in [2.45, 2.75) is 0 Å². The second kappa shape index (κ2) is 4.09. The molecule has 1 heterocycles. The van der Waals surface area contributed by atoms with Gasteiger partial charge in [0.2, 0.25) is 0 Å². The summed E-state index contributed by atoms with van der Waals surface area (Å²) in [4.78, 5) is 14.7. The van der Waals surface area contributed by atoms with Crippen LogP contribution in [-0.2, 0) is 0 Å². The fraction of sp³-hybridized carbons (Fsp3) is 0.143. The Morgan fingerprint density at radius 3 is 2.92 bits per heavy atom. The molecule has 0 spiro atoms. The molecule has 0 saturated carbocycles. The Hall–Kier alpha value is -0.290. The predicted octanol–water partition coefficient (Wildman–Crippen LogP) is 2.56. The summed E-state index contributed by atoms with van der Waals surface area (Å²) in [6.45, 7) is 0. The molecule has 0 unspecified atom stereocenters. The number of rotatable bonds is 2. The van der Waals surface area contributed by atoms with Crippen LogP contribution in [-0.4, -0.2) is 16.1 Å². The topological polar surface area (TPSA) is 30.0 Å². The SMILES string of the molecule is O=C(CBr)c1cc(Br)ncc1F. The number of pyridine rings is 1. The molecule has 2 nitrogen and oxygen atoms in total. The van der Waals surface area contributed by atoms with Gasteiger partial charge in [-0.15, -0.1) is 0 Å². The zero-order chi connectivity index (χ0) is 9.14. The molecule has 0 bridgehead atoms. The number of aromatic nitrogens is 1. The van der Waals surface area contributed by atoms with Crippen LogP contribution < -0.4 is 0 Å². The van der Waals surface area contributed by atoms with Gasteiger partial charge in [-0.25, -0.2) is 9.37 Å². The zero-order valence-corrected chi connectivity index (χ0v) is 9.02. The summed E-state index contributed by atoms with van der Waals surface area (Å²) in [5, 5.41) is 0.111. The zero-order valence-electron chi connectivity index (χ0n) is 5.85. The summed E-state index contributed by atoms with van der Waals surface area (Å²) in [6.07, 6.45) is 1.01. The Balaban J connectivity index is 3.13. The lowest BCUT2D eigenvalue weighted by Crippen LogP contribution is -2.03. The van der Waals surface area contributed by atoms with Crippen LogP contribution in [0.4, 0.5) is 4.39 Å². The first kappa shape index (κ1) is 9.80. The Kier molecular flexibility index (Phi) is 3.34. The van der Waals surface area contributed by atoms with Crippen molar-refractivity contribution < 1.29 is 9.18 Å². The fourth-order valence-corrected chi connectivity index (χ4v) is 1.33. The van der Waals surface area contributed by atoms with Gasteiger partial charge in [0.15, 0.2) is 11.6 Å². The smallest absolute Gasteiger partial charge is 0.176 e. The highest BCUT2D eigenvalue weighted by Crippen LogP contribution is 2.13. The molecule has 0 atom stereocenters. The lowest BCUT2D eigenvalue weighted by molar-refractivity contribution is 0.102. The molecule has 0 N–H and O–H groups in total. The lowest BCUT2D eigenvalue weighted by atomic mass is 10.2. The molecule has 64 valence electrons. The number of hydrogen-bond acceptors (Lipinski definition) is 2. The lowest BCUT2D eigenvalue weighted by Gasteiger charge is -1.98. The molecule has 1 aromatic heterocycles. The molecule has 1 rings (SSSR count). The highest BCUT2D eigenvalue weighted by Gasteiger charge is 2.10. The second-order valence-electron chi connectivity index (χ2n) is 2.04. The normalized spacial score (nSPS) is 9.92. The third-order valence-corrected chi connectivity index (χ3v) is 2.19. The standard InChI is InChI=1S/C7H4Br2FNO/c8-2-6(12)4-1-7(9)11-3-5(4)10/h1,3H,2H2. The quantitative estimate of drug-likeness (QED) is 0.477. The summed E-state index contributed by atoms with van der Waals surface area (Å²) in [5.41, 5.74) is 0.0498. The van der Waals surface area contributed by atoms with Gasteiger partial charge in [-0.05, 0) is 22.0 Å². The summed E-state index contributed by atoms with van der Waals surface area (Å²) >= 11 is 6.01. The first-order valence-corrected chi connectivity index (χ1v) is 4.97. The van der Waals surface area contributed by atoms with Gasteiger partial charge in [-0.2, -0.15) is 0 Å². The third-order valence-electron chi connectivity index (χ3n) is 1.24. The van der Waals surface area contributed by atoms with Crippen molar-refractivity contribution in [3.05, 3.63) is 28.2 Å². The Labute approximate surface area is 85.4 Å². The van der Waals surface area contributed by atoms with Crippen LogP contribution in [0.1, 0.15) is 10.4 Å². The van der Waals surface area contributed by atoms with Crippen molar-refractivity contribution in [2.24, 2.45) is 0 Å². The Bertz CT molecular complexity index is 316. The van der Waals surface area contributed by atoms with E-state index in [0.29, 0.717) is 4.60 Å². The van der Waals surface area contributed by atoms with E-state index in [1.54, 1.807) is 0 Å². The maximum absolute atomic E-state index is 12.9. The van der Waals surface area contributed by atoms with E-state index in [-0.39, 0.29) is 16.7 Å². The first-order valence-electron chi connectivity index (χ1n) is 3.05. The van der Waals surface area contributed by atoms with Crippen LogP contribution in [0.25, 0.3) is 0 Å². The number of alkyl halides is 1. The molecular formula is C7H4Br2FNO. The van der Waals surface area contributed by atoms with Crippen LogP contribution in [0.3, 0.4) is 0 Å². The van der Waals surface area contributed by atoms with E-state index in [0.717, 1.165) is 6.20 Å². The molecule has 0 aromatic carbocycles. The number of carbonyl (C=O) groups excluding carboxylic acids is 1. The summed E-state index contributed by atoms with van der Waals surface area (Å²) in [5.74, 6) is -0.891. The average Bonchev–Trinajstić information content (AvgIpc) is 2.08. The van der Waals surface area contributed by atoms with Crippen molar-refractivity contribution in [3.8, 4) is 0 Å². The van der Waals surface area contributed by atoms with Gasteiger partial charge in [-0.3, -0.25) is 4.79 Å². The molecule has 0 aliphatic rings. The van der Waals surface area contributed by atoms with Crippen LogP contribution in [0.15, 0.2) is 16.9 Å². The Morgan fingerprint density at radius 2 is 2.33 bits per heavy atom. The maximum Gasteiger partial charge on any atom is 0.176 e. The molecule has 12 heavy (non-hydrogen) atoms. The van der Waals surface area contributed by atoms with Crippen LogP contribution in [0.5, 0.6) is 0 Å². The van der Waals surface area contributed by atoms with E-state index in [1.807, 2.05) is 0 Å². The van der Waals surface area contributed by atoms with Crippen molar-refractivity contribution in [1.29, 1.82) is 0 Å². The number of halogens is 3. The van der Waals surface area contributed by atoms with Crippen molar-refractivity contribution in [2.75, 3.05) is 5.33 Å². The summed E-state index contributed by atoms with van der Waals surface area (Å²) < 4.78 is 13.3. The largest absolute Gasteiger partial charge is 0.293 e. The highest BCUT2D eigenvalue weighted by atomic mass is 79.9. The average molecular weight is 297 g/mol. The van der Waals surface area contributed by atoms with E-state index in [9.17, 15) is 9.18 Å².